The van der Waals surface area contributed by atoms with Gasteiger partial charge in [0.15, 0.2) is 0 Å². The Balaban J connectivity index is 1.57. The molecule has 0 aromatic carbocycles. The lowest BCUT2D eigenvalue weighted by molar-refractivity contribution is -0.157. The van der Waals surface area contributed by atoms with Crippen LogP contribution in [0.4, 0.5) is 13.2 Å². The molecule has 1 N–H and O–H groups in total. The second kappa shape index (κ2) is 7.06. The van der Waals surface area contributed by atoms with Crippen molar-refractivity contribution in [2.75, 3.05) is 13.1 Å². The molecule has 0 bridgehead atoms. The maximum atomic E-state index is 12.5. The molecule has 0 aliphatic carbocycles. The third kappa shape index (κ3) is 4.21. The zero-order chi connectivity index (χ0) is 18.9. The van der Waals surface area contributed by atoms with Crippen molar-refractivity contribution in [3.63, 3.8) is 0 Å². The molecule has 142 valence electrons. The van der Waals surface area contributed by atoms with Gasteiger partial charge >= 0.3 is 12.1 Å². The number of rotatable bonds is 4. The summed E-state index contributed by atoms with van der Waals surface area (Å²) in [6.45, 7) is 3.13. The number of alkyl halides is 3. The Kier molecular flexibility index (Phi) is 4.99. The van der Waals surface area contributed by atoms with E-state index in [9.17, 15) is 18.0 Å². The molecule has 1 atom stereocenters. The normalized spacial score (nSPS) is 18.9. The van der Waals surface area contributed by atoms with Crippen LogP contribution in [0, 0.1) is 6.92 Å². The highest BCUT2D eigenvalue weighted by Gasteiger charge is 2.38. The van der Waals surface area contributed by atoms with E-state index in [0.29, 0.717) is 18.8 Å². The maximum Gasteiger partial charge on any atom is 0.470 e. The number of halogens is 3. The van der Waals surface area contributed by atoms with Crippen molar-refractivity contribution in [1.29, 1.82) is 0 Å². The van der Waals surface area contributed by atoms with Gasteiger partial charge in [-0.15, -0.1) is 10.2 Å². The fourth-order valence-corrected chi connectivity index (χ4v) is 2.87. The van der Waals surface area contributed by atoms with E-state index in [0.717, 1.165) is 18.5 Å². The molecule has 2 aromatic rings. The molecule has 0 saturated carbocycles. The van der Waals surface area contributed by atoms with Gasteiger partial charge in [0.05, 0.1) is 6.54 Å². The topological polar surface area (TPSA) is 89.1 Å². The van der Waals surface area contributed by atoms with Gasteiger partial charge in [0.2, 0.25) is 5.89 Å². The Morgan fingerprint density at radius 2 is 2.19 bits per heavy atom. The number of carbonyl (C=O) groups excluding carboxylic acids is 1. The highest BCUT2D eigenvalue weighted by molar-refractivity contribution is 5.92. The first-order valence-corrected chi connectivity index (χ1v) is 8.16. The van der Waals surface area contributed by atoms with Gasteiger partial charge in [-0.2, -0.15) is 18.3 Å². The third-order valence-electron chi connectivity index (χ3n) is 4.26. The second-order valence-corrected chi connectivity index (χ2v) is 6.34. The summed E-state index contributed by atoms with van der Waals surface area (Å²) in [5, 5.41) is 13.5. The molecule has 3 heterocycles. The predicted octanol–water partition coefficient (Wildman–Crippen LogP) is 1.52. The molecule has 26 heavy (non-hydrogen) atoms. The third-order valence-corrected chi connectivity index (χ3v) is 4.26. The van der Waals surface area contributed by atoms with Crippen LogP contribution in [0.2, 0.25) is 0 Å². The van der Waals surface area contributed by atoms with E-state index >= 15 is 0 Å². The van der Waals surface area contributed by atoms with Crippen LogP contribution in [0.3, 0.4) is 0 Å². The van der Waals surface area contributed by atoms with Crippen LogP contribution in [0.25, 0.3) is 0 Å². The van der Waals surface area contributed by atoms with Crippen LogP contribution in [0.5, 0.6) is 0 Å². The molecule has 8 nitrogen and oxygen atoms in total. The molecule has 1 amide bonds. The number of nitrogens with one attached hydrogen (secondary N) is 1. The van der Waals surface area contributed by atoms with Crippen molar-refractivity contribution in [1.82, 2.24) is 30.2 Å². The maximum absolute atomic E-state index is 12.5. The van der Waals surface area contributed by atoms with E-state index in [-0.39, 0.29) is 24.4 Å². The molecule has 1 aliphatic heterocycles. The summed E-state index contributed by atoms with van der Waals surface area (Å²) >= 11 is 0. The lowest BCUT2D eigenvalue weighted by Gasteiger charge is -2.32. The summed E-state index contributed by atoms with van der Waals surface area (Å²) in [6, 6.07) is 1.58. The van der Waals surface area contributed by atoms with Crippen molar-refractivity contribution in [2.24, 2.45) is 7.05 Å². The lowest BCUT2D eigenvalue weighted by Crippen LogP contribution is -2.47. The van der Waals surface area contributed by atoms with Gasteiger partial charge in [0.1, 0.15) is 5.69 Å². The number of hydrogen-bond acceptors (Lipinski definition) is 6. The Hall–Kier alpha value is -2.43. The van der Waals surface area contributed by atoms with Crippen LogP contribution in [-0.4, -0.2) is 49.9 Å². The number of carbonyl (C=O) groups is 1. The summed E-state index contributed by atoms with van der Waals surface area (Å²) in [5.41, 5.74) is 1.21. The molecule has 2 aromatic heterocycles. The molecular weight excluding hydrogens is 353 g/mol. The van der Waals surface area contributed by atoms with E-state index in [1.165, 1.54) is 0 Å². The molecular formula is C15H19F3N6O2. The Morgan fingerprint density at radius 3 is 2.81 bits per heavy atom. The zero-order valence-corrected chi connectivity index (χ0v) is 14.4. The standard InChI is InChI=1S/C15H19F3N6O2/c1-9-6-11(22-23(9)2)13(25)19-10-4-3-5-24(7-10)8-12-20-21-14(26-12)15(16,17)18/h6,10H,3-5,7-8H2,1-2H3,(H,19,25). The van der Waals surface area contributed by atoms with E-state index in [1.54, 1.807) is 17.8 Å². The van der Waals surface area contributed by atoms with Crippen LogP contribution in [-0.2, 0) is 19.8 Å². The quantitative estimate of drug-likeness (QED) is 0.876. The van der Waals surface area contributed by atoms with E-state index < -0.39 is 12.1 Å². The SMILES string of the molecule is Cc1cc(C(=O)NC2CCCN(Cc3nnc(C(F)(F)F)o3)C2)nn1C. The van der Waals surface area contributed by atoms with E-state index in [1.807, 2.05) is 11.8 Å². The first kappa shape index (κ1) is 18.4. The Labute approximate surface area is 147 Å². The van der Waals surface area contributed by atoms with Gasteiger partial charge in [-0.3, -0.25) is 14.4 Å². The predicted molar refractivity (Wildman–Crippen MR) is 83.0 cm³/mol. The molecule has 0 radical (unpaired) electrons. The molecule has 1 unspecified atom stereocenters. The van der Waals surface area contributed by atoms with Gasteiger partial charge in [-0.25, -0.2) is 0 Å². The molecule has 0 spiro atoms. The smallest absolute Gasteiger partial charge is 0.416 e. The van der Waals surface area contributed by atoms with Crippen LogP contribution < -0.4 is 5.32 Å². The number of amides is 1. The zero-order valence-electron chi connectivity index (χ0n) is 14.4. The summed E-state index contributed by atoms with van der Waals surface area (Å²) in [7, 11) is 1.76. The number of nitrogens with zero attached hydrogens (tertiary/aromatic N) is 5. The number of aromatic nitrogens is 4. The minimum atomic E-state index is -4.65. The number of piperidine rings is 1. The molecule has 3 rings (SSSR count). The molecule has 1 fully saturated rings. The average molecular weight is 372 g/mol. The first-order valence-electron chi connectivity index (χ1n) is 8.16. The van der Waals surface area contributed by atoms with E-state index in [4.69, 9.17) is 0 Å². The van der Waals surface area contributed by atoms with Gasteiger partial charge in [0, 0.05) is 25.3 Å². The van der Waals surface area contributed by atoms with Crippen molar-refractivity contribution in [3.05, 3.63) is 29.2 Å². The minimum absolute atomic E-state index is 0.0929. The first-order chi connectivity index (χ1) is 12.2. The van der Waals surface area contributed by atoms with Crippen molar-refractivity contribution >= 4 is 5.91 Å². The van der Waals surface area contributed by atoms with Crippen LogP contribution >= 0.6 is 0 Å². The summed E-state index contributed by atoms with van der Waals surface area (Å²) in [5.74, 6) is -1.71. The second-order valence-electron chi connectivity index (χ2n) is 6.34. The molecule has 11 heteroatoms. The van der Waals surface area contributed by atoms with E-state index in [2.05, 4.69) is 25.0 Å². The van der Waals surface area contributed by atoms with Crippen molar-refractivity contribution in [2.45, 2.75) is 38.5 Å². The monoisotopic (exact) mass is 372 g/mol. The van der Waals surface area contributed by atoms with Crippen molar-refractivity contribution < 1.29 is 22.4 Å². The summed E-state index contributed by atoms with van der Waals surface area (Å²) < 4.78 is 43.8. The number of aryl methyl sites for hydroxylation is 2. The summed E-state index contributed by atoms with van der Waals surface area (Å²) in [6.07, 6.45) is -3.07. The Morgan fingerprint density at radius 1 is 1.42 bits per heavy atom. The lowest BCUT2D eigenvalue weighted by atomic mass is 10.1. The van der Waals surface area contributed by atoms with Gasteiger partial charge in [-0.1, -0.05) is 0 Å². The highest BCUT2D eigenvalue weighted by Crippen LogP contribution is 2.28. The minimum Gasteiger partial charge on any atom is -0.416 e. The fourth-order valence-electron chi connectivity index (χ4n) is 2.87. The summed E-state index contributed by atoms with van der Waals surface area (Å²) in [4.78, 5) is 14.2. The van der Waals surface area contributed by atoms with Crippen LogP contribution in [0.1, 0.15) is 40.8 Å². The van der Waals surface area contributed by atoms with Gasteiger partial charge in [0.25, 0.3) is 5.91 Å². The van der Waals surface area contributed by atoms with Gasteiger partial charge in [-0.05, 0) is 32.4 Å². The van der Waals surface area contributed by atoms with Crippen LogP contribution in [0.15, 0.2) is 10.5 Å². The highest BCUT2D eigenvalue weighted by atomic mass is 19.4. The molecule has 1 saturated heterocycles. The fraction of sp³-hybridized carbons (Fsp3) is 0.600. The Bertz CT molecular complexity index is 765. The van der Waals surface area contributed by atoms with Gasteiger partial charge < -0.3 is 9.73 Å². The van der Waals surface area contributed by atoms with Crippen molar-refractivity contribution in [3.8, 4) is 0 Å². The largest absolute Gasteiger partial charge is 0.470 e. The molecule has 1 aliphatic rings. The number of likely N-dealkylation sites (tertiary alicyclic amines) is 1. The number of hydrogen-bond donors (Lipinski definition) is 1. The average Bonchev–Trinajstić information content (AvgIpc) is 3.15.